The van der Waals surface area contributed by atoms with Crippen molar-refractivity contribution in [3.05, 3.63) is 0 Å². The average molecular weight is 241 g/mol. The highest BCUT2D eigenvalue weighted by molar-refractivity contribution is 5.83. The number of hydrogen-bond donors (Lipinski definition) is 2. The minimum Gasteiger partial charge on any atom is -0.396 e. The van der Waals surface area contributed by atoms with Crippen LogP contribution in [-0.2, 0) is 4.79 Å². The van der Waals surface area contributed by atoms with Crippen molar-refractivity contribution in [1.82, 2.24) is 5.32 Å². The zero-order valence-corrected chi connectivity index (χ0v) is 11.5. The lowest BCUT2D eigenvalue weighted by molar-refractivity contribution is -0.137. The van der Waals surface area contributed by atoms with E-state index in [-0.39, 0.29) is 23.3 Å². The van der Waals surface area contributed by atoms with E-state index in [1.54, 1.807) is 0 Å². The summed E-state index contributed by atoms with van der Waals surface area (Å²) >= 11 is 0. The predicted molar refractivity (Wildman–Crippen MR) is 69.7 cm³/mol. The largest absolute Gasteiger partial charge is 0.396 e. The molecular formula is C14H27NO2. The Bertz CT molecular complexity index is 241. The first-order chi connectivity index (χ1) is 8.08. The Morgan fingerprint density at radius 2 is 1.88 bits per heavy atom. The van der Waals surface area contributed by atoms with Gasteiger partial charge in [-0.15, -0.1) is 0 Å². The topological polar surface area (TPSA) is 49.3 Å². The molecule has 0 radical (unpaired) electrons. The Balaban J connectivity index is 2.52. The third-order valence-corrected chi connectivity index (χ3v) is 4.93. The minimum absolute atomic E-state index is 0.0946. The minimum atomic E-state index is -0.131. The summed E-state index contributed by atoms with van der Waals surface area (Å²) in [5, 5.41) is 12.5. The third kappa shape index (κ3) is 2.82. The fraction of sp³-hybridized carbons (Fsp3) is 0.929. The quantitative estimate of drug-likeness (QED) is 0.719. The monoisotopic (exact) mass is 241 g/mol. The van der Waals surface area contributed by atoms with Crippen LogP contribution in [-0.4, -0.2) is 24.2 Å². The van der Waals surface area contributed by atoms with Crippen molar-refractivity contribution in [3.8, 4) is 0 Å². The zero-order chi connectivity index (χ0) is 12.9. The van der Waals surface area contributed by atoms with E-state index in [2.05, 4.69) is 26.1 Å². The summed E-state index contributed by atoms with van der Waals surface area (Å²) < 4.78 is 0. The normalized spacial score (nSPS) is 18.6. The second-order valence-electron chi connectivity index (χ2n) is 5.54. The first kappa shape index (κ1) is 14.5. The number of hydrogen-bond acceptors (Lipinski definition) is 2. The molecule has 1 aliphatic rings. The Morgan fingerprint density at radius 1 is 1.29 bits per heavy atom. The highest BCUT2D eigenvalue weighted by Crippen LogP contribution is 2.44. The van der Waals surface area contributed by atoms with Gasteiger partial charge >= 0.3 is 0 Å². The molecule has 0 heterocycles. The van der Waals surface area contributed by atoms with Gasteiger partial charge in [0.1, 0.15) is 0 Å². The number of aliphatic hydroxyl groups is 1. The molecule has 1 fully saturated rings. The fourth-order valence-electron chi connectivity index (χ4n) is 2.58. The molecule has 1 amide bonds. The molecule has 17 heavy (non-hydrogen) atoms. The molecule has 0 aliphatic heterocycles. The molecule has 0 aromatic carbocycles. The molecule has 0 spiro atoms. The van der Waals surface area contributed by atoms with E-state index in [0.29, 0.717) is 6.54 Å². The highest BCUT2D eigenvalue weighted by atomic mass is 16.3. The van der Waals surface area contributed by atoms with E-state index < -0.39 is 0 Å². The molecule has 0 aromatic rings. The number of rotatable bonds is 7. The van der Waals surface area contributed by atoms with Crippen LogP contribution in [0.25, 0.3) is 0 Å². The van der Waals surface area contributed by atoms with Gasteiger partial charge in [-0.1, -0.05) is 27.2 Å². The Kier molecular flexibility index (Phi) is 4.99. The van der Waals surface area contributed by atoms with Crippen molar-refractivity contribution in [3.63, 3.8) is 0 Å². The molecule has 1 rings (SSSR count). The van der Waals surface area contributed by atoms with Crippen LogP contribution in [0.3, 0.4) is 0 Å². The summed E-state index contributed by atoms with van der Waals surface area (Å²) in [5.74, 6) is 0.200. The summed E-state index contributed by atoms with van der Waals surface area (Å²) in [4.78, 5) is 12.2. The molecular weight excluding hydrogens is 214 g/mol. The van der Waals surface area contributed by atoms with E-state index >= 15 is 0 Å². The zero-order valence-electron chi connectivity index (χ0n) is 11.5. The maximum atomic E-state index is 12.2. The maximum absolute atomic E-state index is 12.2. The Labute approximate surface area is 105 Å². The van der Waals surface area contributed by atoms with Gasteiger partial charge in [0, 0.05) is 17.4 Å². The van der Waals surface area contributed by atoms with Gasteiger partial charge in [0.25, 0.3) is 0 Å². The second-order valence-corrected chi connectivity index (χ2v) is 5.54. The molecule has 1 saturated carbocycles. The second kappa shape index (κ2) is 5.85. The summed E-state index contributed by atoms with van der Waals surface area (Å²) in [6.45, 7) is 7.00. The molecule has 0 bridgehead atoms. The van der Waals surface area contributed by atoms with Gasteiger partial charge in [-0.3, -0.25) is 4.79 Å². The lowest BCUT2D eigenvalue weighted by Gasteiger charge is -2.40. The average Bonchev–Trinajstić information content (AvgIpc) is 2.31. The van der Waals surface area contributed by atoms with Gasteiger partial charge in [-0.2, -0.15) is 0 Å². The van der Waals surface area contributed by atoms with Crippen LogP contribution in [0.4, 0.5) is 0 Å². The molecule has 0 aromatic heterocycles. The number of nitrogens with one attached hydrogen (secondary N) is 1. The van der Waals surface area contributed by atoms with Crippen LogP contribution >= 0.6 is 0 Å². The molecule has 3 heteroatoms. The van der Waals surface area contributed by atoms with E-state index in [4.69, 9.17) is 0 Å². The van der Waals surface area contributed by atoms with Crippen LogP contribution in [0.2, 0.25) is 0 Å². The van der Waals surface area contributed by atoms with Gasteiger partial charge in [0.05, 0.1) is 6.61 Å². The summed E-state index contributed by atoms with van der Waals surface area (Å²) in [5.41, 5.74) is -0.225. The van der Waals surface area contributed by atoms with Crippen LogP contribution in [0.5, 0.6) is 0 Å². The lowest BCUT2D eigenvalue weighted by atomic mass is 9.66. The van der Waals surface area contributed by atoms with Crippen molar-refractivity contribution < 1.29 is 9.90 Å². The van der Waals surface area contributed by atoms with Crippen molar-refractivity contribution in [1.29, 1.82) is 0 Å². The summed E-state index contributed by atoms with van der Waals surface area (Å²) in [6.07, 6.45) is 5.97. The van der Waals surface area contributed by atoms with E-state index in [9.17, 15) is 9.90 Å². The number of carbonyl (C=O) groups is 1. The Hall–Kier alpha value is -0.570. The summed E-state index contributed by atoms with van der Waals surface area (Å²) in [7, 11) is 0. The van der Waals surface area contributed by atoms with Crippen molar-refractivity contribution in [2.75, 3.05) is 13.2 Å². The van der Waals surface area contributed by atoms with Gasteiger partial charge in [0.2, 0.25) is 5.91 Å². The molecule has 0 saturated heterocycles. The molecule has 3 nitrogen and oxygen atoms in total. The van der Waals surface area contributed by atoms with Crippen LogP contribution in [0.1, 0.15) is 59.3 Å². The predicted octanol–water partition coefficient (Wildman–Crippen LogP) is 2.48. The van der Waals surface area contributed by atoms with E-state index in [1.807, 2.05) is 0 Å². The van der Waals surface area contributed by atoms with Crippen molar-refractivity contribution in [2.24, 2.45) is 10.8 Å². The van der Waals surface area contributed by atoms with Crippen LogP contribution < -0.4 is 5.32 Å². The van der Waals surface area contributed by atoms with Crippen LogP contribution in [0, 0.1) is 10.8 Å². The molecule has 0 unspecified atom stereocenters. The summed E-state index contributed by atoms with van der Waals surface area (Å²) in [6, 6.07) is 0. The van der Waals surface area contributed by atoms with Crippen molar-refractivity contribution in [2.45, 2.75) is 59.3 Å². The standard InChI is InChI=1S/C14H27NO2/c1-4-13(5-2,11-16)10-15-12(17)14(6-3)8-7-9-14/h16H,4-11H2,1-3H3,(H,15,17). The van der Waals surface area contributed by atoms with Gasteiger partial charge in [-0.05, 0) is 32.1 Å². The maximum Gasteiger partial charge on any atom is 0.226 e. The first-order valence-electron chi connectivity index (χ1n) is 6.97. The van der Waals surface area contributed by atoms with Gasteiger partial charge in [-0.25, -0.2) is 0 Å². The fourth-order valence-corrected chi connectivity index (χ4v) is 2.58. The third-order valence-electron chi connectivity index (χ3n) is 4.93. The molecule has 2 N–H and O–H groups in total. The highest BCUT2D eigenvalue weighted by Gasteiger charge is 2.42. The van der Waals surface area contributed by atoms with Crippen LogP contribution in [0.15, 0.2) is 0 Å². The molecule has 0 atom stereocenters. The number of carbonyl (C=O) groups excluding carboxylic acids is 1. The van der Waals surface area contributed by atoms with E-state index in [1.165, 1.54) is 6.42 Å². The van der Waals surface area contributed by atoms with E-state index in [0.717, 1.165) is 32.1 Å². The Morgan fingerprint density at radius 3 is 2.18 bits per heavy atom. The van der Waals surface area contributed by atoms with Gasteiger partial charge < -0.3 is 10.4 Å². The molecule has 100 valence electrons. The van der Waals surface area contributed by atoms with Crippen molar-refractivity contribution >= 4 is 5.91 Å². The molecule has 1 aliphatic carbocycles. The SMILES string of the molecule is CCC(CC)(CO)CNC(=O)C1(CC)CCC1. The number of aliphatic hydroxyl groups excluding tert-OH is 1. The lowest BCUT2D eigenvalue weighted by Crippen LogP contribution is -2.49. The van der Waals surface area contributed by atoms with Gasteiger partial charge in [0.15, 0.2) is 0 Å². The smallest absolute Gasteiger partial charge is 0.226 e. The number of amides is 1. The first-order valence-corrected chi connectivity index (χ1v) is 6.97.